The van der Waals surface area contributed by atoms with Crippen molar-refractivity contribution in [3.05, 3.63) is 66.0 Å². The van der Waals surface area contributed by atoms with Crippen molar-refractivity contribution in [2.75, 3.05) is 13.1 Å². The van der Waals surface area contributed by atoms with E-state index >= 15 is 0 Å². The minimum Gasteiger partial charge on any atom is -0.342 e. The molecule has 1 saturated heterocycles. The average Bonchev–Trinajstić information content (AvgIpc) is 3.25. The van der Waals surface area contributed by atoms with Crippen LogP contribution in [-0.4, -0.2) is 38.4 Å². The second kappa shape index (κ2) is 8.47. The lowest BCUT2D eigenvalue weighted by molar-refractivity contribution is -0.138. The Morgan fingerprint density at radius 3 is 2.30 bits per heavy atom. The molecule has 160 valence electrons. The van der Waals surface area contributed by atoms with Crippen LogP contribution in [0.15, 0.2) is 59.5 Å². The number of amides is 1. The summed E-state index contributed by atoms with van der Waals surface area (Å²) in [6.45, 7) is 0.996. The van der Waals surface area contributed by atoms with Gasteiger partial charge in [-0.2, -0.15) is 0 Å². The molecule has 0 spiro atoms. The summed E-state index contributed by atoms with van der Waals surface area (Å²) in [5, 5.41) is 0. The maximum atomic E-state index is 13.9. The third-order valence-corrected chi connectivity index (χ3v) is 7.94. The third-order valence-electron chi connectivity index (χ3n) is 6.40. The van der Waals surface area contributed by atoms with Crippen LogP contribution in [0, 0.1) is 5.82 Å². The number of carbonyl (C=O) groups is 1. The van der Waals surface area contributed by atoms with Gasteiger partial charge in [-0.3, -0.25) is 4.79 Å². The standard InChI is InChI=1S/C23H27FN2O3S/c24-19-8-6-7-18(17-19)23(13-4-5-14-23)22(27)26-15-11-20(12-16-26)25-30(28,29)21-9-2-1-3-10-21/h1-3,6-10,17,20,25H,4-5,11-16H2. The van der Waals surface area contributed by atoms with E-state index in [0.717, 1.165) is 31.2 Å². The van der Waals surface area contributed by atoms with E-state index < -0.39 is 15.4 Å². The fourth-order valence-corrected chi connectivity index (χ4v) is 6.11. The van der Waals surface area contributed by atoms with Crippen LogP contribution in [0.2, 0.25) is 0 Å². The first-order valence-electron chi connectivity index (χ1n) is 10.5. The number of nitrogens with zero attached hydrogens (tertiary/aromatic N) is 1. The lowest BCUT2D eigenvalue weighted by Gasteiger charge is -2.39. The molecule has 2 aliphatic rings. The minimum atomic E-state index is -3.57. The molecule has 0 bridgehead atoms. The van der Waals surface area contributed by atoms with E-state index in [2.05, 4.69) is 4.72 Å². The van der Waals surface area contributed by atoms with Crippen molar-refractivity contribution in [1.82, 2.24) is 9.62 Å². The van der Waals surface area contributed by atoms with Crippen LogP contribution in [0.5, 0.6) is 0 Å². The predicted octanol–water partition coefficient (Wildman–Crippen LogP) is 3.61. The van der Waals surface area contributed by atoms with E-state index in [-0.39, 0.29) is 22.7 Å². The quantitative estimate of drug-likeness (QED) is 0.788. The molecule has 1 aliphatic heterocycles. The minimum absolute atomic E-state index is 0.0509. The zero-order valence-corrected chi connectivity index (χ0v) is 17.7. The number of nitrogens with one attached hydrogen (secondary N) is 1. The molecular weight excluding hydrogens is 403 g/mol. The summed E-state index contributed by atoms with van der Waals surface area (Å²) < 4.78 is 41.8. The Morgan fingerprint density at radius 1 is 1.00 bits per heavy atom. The van der Waals surface area contributed by atoms with Crippen LogP contribution in [0.4, 0.5) is 4.39 Å². The Labute approximate surface area is 177 Å². The van der Waals surface area contributed by atoms with Gasteiger partial charge in [-0.25, -0.2) is 17.5 Å². The predicted molar refractivity (Wildman–Crippen MR) is 113 cm³/mol. The Balaban J connectivity index is 1.44. The summed E-state index contributed by atoms with van der Waals surface area (Å²) in [6.07, 6.45) is 4.50. The van der Waals surface area contributed by atoms with Crippen LogP contribution >= 0.6 is 0 Å². The fourth-order valence-electron chi connectivity index (χ4n) is 4.78. The van der Waals surface area contributed by atoms with E-state index in [9.17, 15) is 17.6 Å². The van der Waals surface area contributed by atoms with E-state index in [0.29, 0.717) is 25.9 Å². The molecule has 2 aromatic rings. The van der Waals surface area contributed by atoms with Gasteiger partial charge in [0.15, 0.2) is 0 Å². The number of piperidine rings is 1. The van der Waals surface area contributed by atoms with Crippen LogP contribution in [-0.2, 0) is 20.2 Å². The van der Waals surface area contributed by atoms with Gasteiger partial charge in [0.05, 0.1) is 10.3 Å². The smallest absolute Gasteiger partial charge is 0.240 e. The zero-order valence-electron chi connectivity index (χ0n) is 16.9. The van der Waals surface area contributed by atoms with Gasteiger partial charge >= 0.3 is 0 Å². The first-order chi connectivity index (χ1) is 14.4. The number of hydrogen-bond acceptors (Lipinski definition) is 3. The SMILES string of the molecule is O=C(N1CCC(NS(=O)(=O)c2ccccc2)CC1)C1(c2cccc(F)c2)CCCC1. The van der Waals surface area contributed by atoms with Crippen LogP contribution in [0.3, 0.4) is 0 Å². The largest absolute Gasteiger partial charge is 0.342 e. The number of carbonyl (C=O) groups excluding carboxylic acids is 1. The topological polar surface area (TPSA) is 66.5 Å². The molecule has 0 atom stereocenters. The Bertz CT molecular complexity index is 996. The van der Waals surface area contributed by atoms with Gasteiger partial charge < -0.3 is 4.90 Å². The van der Waals surface area contributed by atoms with Gasteiger partial charge in [0, 0.05) is 19.1 Å². The van der Waals surface area contributed by atoms with E-state index in [1.807, 2.05) is 11.0 Å². The van der Waals surface area contributed by atoms with Gasteiger partial charge in [-0.1, -0.05) is 43.2 Å². The van der Waals surface area contributed by atoms with E-state index in [4.69, 9.17) is 0 Å². The number of hydrogen-bond donors (Lipinski definition) is 1. The highest BCUT2D eigenvalue weighted by Gasteiger charge is 2.45. The van der Waals surface area contributed by atoms with Gasteiger partial charge in [-0.05, 0) is 55.5 Å². The van der Waals surface area contributed by atoms with Crippen molar-refractivity contribution in [3.63, 3.8) is 0 Å². The lowest BCUT2D eigenvalue weighted by Crippen LogP contribution is -2.51. The van der Waals surface area contributed by atoms with Crippen LogP contribution < -0.4 is 4.72 Å². The molecule has 2 fully saturated rings. The number of halogens is 1. The van der Waals surface area contributed by atoms with Crippen molar-refractivity contribution in [2.24, 2.45) is 0 Å². The molecule has 4 rings (SSSR count). The van der Waals surface area contributed by atoms with E-state index in [1.54, 1.807) is 36.4 Å². The molecular formula is C23H27FN2O3S. The normalized spacial score (nSPS) is 19.7. The Morgan fingerprint density at radius 2 is 1.67 bits per heavy atom. The number of benzene rings is 2. The van der Waals surface area contributed by atoms with Crippen molar-refractivity contribution in [2.45, 2.75) is 54.9 Å². The molecule has 5 nitrogen and oxygen atoms in total. The molecule has 0 radical (unpaired) electrons. The summed E-state index contributed by atoms with van der Waals surface area (Å²) in [4.78, 5) is 15.6. The highest BCUT2D eigenvalue weighted by molar-refractivity contribution is 7.89. The number of likely N-dealkylation sites (tertiary alicyclic amines) is 1. The summed E-state index contributed by atoms with van der Waals surface area (Å²) in [7, 11) is -3.57. The van der Waals surface area contributed by atoms with Crippen molar-refractivity contribution < 1.29 is 17.6 Å². The van der Waals surface area contributed by atoms with Crippen molar-refractivity contribution >= 4 is 15.9 Å². The maximum Gasteiger partial charge on any atom is 0.240 e. The fraction of sp³-hybridized carbons (Fsp3) is 0.435. The first-order valence-corrected chi connectivity index (χ1v) is 12.0. The Hall–Kier alpha value is -2.25. The molecule has 1 amide bonds. The third kappa shape index (κ3) is 4.14. The number of sulfonamides is 1. The van der Waals surface area contributed by atoms with Gasteiger partial charge in [0.25, 0.3) is 0 Å². The molecule has 30 heavy (non-hydrogen) atoms. The van der Waals surface area contributed by atoms with Gasteiger partial charge in [0.1, 0.15) is 5.82 Å². The highest BCUT2D eigenvalue weighted by atomic mass is 32.2. The van der Waals surface area contributed by atoms with Crippen LogP contribution in [0.25, 0.3) is 0 Å². The van der Waals surface area contributed by atoms with E-state index in [1.165, 1.54) is 12.1 Å². The molecule has 0 aromatic heterocycles. The van der Waals surface area contributed by atoms with Crippen molar-refractivity contribution in [3.8, 4) is 0 Å². The summed E-state index contributed by atoms with van der Waals surface area (Å²) >= 11 is 0. The zero-order chi connectivity index (χ0) is 21.2. The van der Waals surface area contributed by atoms with Crippen molar-refractivity contribution in [1.29, 1.82) is 0 Å². The molecule has 1 N–H and O–H groups in total. The molecule has 0 unspecified atom stereocenters. The summed E-state index contributed by atoms with van der Waals surface area (Å²) in [5.41, 5.74) is 0.107. The van der Waals surface area contributed by atoms with Gasteiger partial charge in [0.2, 0.25) is 15.9 Å². The van der Waals surface area contributed by atoms with Crippen LogP contribution in [0.1, 0.15) is 44.1 Å². The highest BCUT2D eigenvalue weighted by Crippen LogP contribution is 2.43. The maximum absolute atomic E-state index is 13.9. The first kappa shape index (κ1) is 21.0. The van der Waals surface area contributed by atoms with Gasteiger partial charge in [-0.15, -0.1) is 0 Å². The second-order valence-electron chi connectivity index (χ2n) is 8.30. The molecule has 7 heteroatoms. The summed E-state index contributed by atoms with van der Waals surface area (Å²) in [5.74, 6) is -0.268. The average molecular weight is 431 g/mol. The molecule has 1 heterocycles. The molecule has 1 aliphatic carbocycles. The summed E-state index contributed by atoms with van der Waals surface area (Å²) in [6, 6.07) is 14.5. The molecule has 2 aromatic carbocycles. The molecule has 1 saturated carbocycles. The Kier molecular flexibility index (Phi) is 5.93. The monoisotopic (exact) mass is 430 g/mol. The number of rotatable bonds is 5. The second-order valence-corrected chi connectivity index (χ2v) is 10.0. The lowest BCUT2D eigenvalue weighted by atomic mass is 9.77.